The fourth-order valence-electron chi connectivity index (χ4n) is 2.64. The van der Waals surface area contributed by atoms with Crippen LogP contribution in [0.15, 0.2) is 59.6 Å². The molecule has 0 spiro atoms. The fraction of sp³-hybridized carbons (Fsp3) is 0.158. The molecule has 1 aliphatic heterocycles. The number of halogens is 1. The van der Waals surface area contributed by atoms with Gasteiger partial charge in [-0.05, 0) is 29.7 Å². The highest BCUT2D eigenvalue weighted by Crippen LogP contribution is 2.32. The van der Waals surface area contributed by atoms with Crippen LogP contribution in [-0.2, 0) is 16.0 Å². The number of ether oxygens (including phenoxy) is 1. The van der Waals surface area contributed by atoms with Crippen LogP contribution >= 0.6 is 11.6 Å². The van der Waals surface area contributed by atoms with E-state index in [1.165, 1.54) is 4.90 Å². The van der Waals surface area contributed by atoms with Gasteiger partial charge in [-0.15, -0.1) is 0 Å². The molecule has 0 N–H and O–H groups in total. The molecule has 1 heterocycles. The molecule has 0 saturated carbocycles. The molecule has 0 saturated heterocycles. The Kier molecular flexibility index (Phi) is 4.67. The van der Waals surface area contributed by atoms with Crippen molar-refractivity contribution in [1.82, 2.24) is 4.90 Å². The molecule has 122 valence electrons. The predicted molar refractivity (Wildman–Crippen MR) is 92.6 cm³/mol. The summed E-state index contributed by atoms with van der Waals surface area (Å²) in [5, 5.41) is -0.0294. The first kappa shape index (κ1) is 16.3. The molecule has 2 aromatic rings. The zero-order valence-electron chi connectivity index (χ0n) is 13.2. The van der Waals surface area contributed by atoms with Crippen molar-refractivity contribution in [1.29, 1.82) is 0 Å². The summed E-state index contributed by atoms with van der Waals surface area (Å²) in [5.41, 5.74) is 1.92. The fourth-order valence-corrected chi connectivity index (χ4v) is 2.94. The third kappa shape index (κ3) is 3.05. The molecule has 2 amide bonds. The van der Waals surface area contributed by atoms with Crippen molar-refractivity contribution in [3.63, 3.8) is 0 Å². The summed E-state index contributed by atoms with van der Waals surface area (Å²) < 4.78 is 5.10. The molecule has 2 aromatic carbocycles. The van der Waals surface area contributed by atoms with Gasteiger partial charge >= 0.3 is 0 Å². The molecule has 5 heteroatoms. The van der Waals surface area contributed by atoms with Gasteiger partial charge in [-0.1, -0.05) is 54.1 Å². The molecule has 0 aliphatic carbocycles. The lowest BCUT2D eigenvalue weighted by Gasteiger charge is -2.14. The number of amides is 2. The van der Waals surface area contributed by atoms with Crippen molar-refractivity contribution in [2.45, 2.75) is 6.42 Å². The van der Waals surface area contributed by atoms with Crippen molar-refractivity contribution < 1.29 is 14.3 Å². The van der Waals surface area contributed by atoms with Crippen molar-refractivity contribution in [2.75, 3.05) is 13.7 Å². The van der Waals surface area contributed by atoms with Gasteiger partial charge in [0, 0.05) is 6.54 Å². The van der Waals surface area contributed by atoms with Gasteiger partial charge in [-0.2, -0.15) is 0 Å². The molecular weight excluding hydrogens is 326 g/mol. The summed E-state index contributed by atoms with van der Waals surface area (Å²) in [5.74, 6) is -0.123. The van der Waals surface area contributed by atoms with Crippen LogP contribution in [-0.4, -0.2) is 30.4 Å². The standard InChI is InChI=1S/C19H16ClNO3/c1-24-15-9-7-14(8-10-15)16-17(20)19(23)21(18(16)22)12-11-13-5-3-2-4-6-13/h2-10H,11-12H2,1H3. The van der Waals surface area contributed by atoms with Gasteiger partial charge in [0.05, 0.1) is 12.7 Å². The van der Waals surface area contributed by atoms with Crippen LogP contribution in [0.5, 0.6) is 5.75 Å². The zero-order valence-corrected chi connectivity index (χ0v) is 13.9. The SMILES string of the molecule is COc1ccc(C2=C(Cl)C(=O)N(CCc3ccccc3)C2=O)cc1. The maximum absolute atomic E-state index is 12.6. The molecule has 0 radical (unpaired) electrons. The van der Waals surface area contributed by atoms with Crippen molar-refractivity contribution in [2.24, 2.45) is 0 Å². The maximum Gasteiger partial charge on any atom is 0.273 e. The van der Waals surface area contributed by atoms with Gasteiger partial charge < -0.3 is 4.74 Å². The lowest BCUT2D eigenvalue weighted by molar-refractivity contribution is -0.136. The number of hydrogen-bond donors (Lipinski definition) is 0. The van der Waals surface area contributed by atoms with E-state index in [2.05, 4.69) is 0 Å². The van der Waals surface area contributed by atoms with Gasteiger partial charge in [0.15, 0.2) is 0 Å². The number of rotatable bonds is 5. The van der Waals surface area contributed by atoms with Gasteiger partial charge in [-0.3, -0.25) is 14.5 Å². The van der Waals surface area contributed by atoms with Crippen molar-refractivity contribution in [3.8, 4) is 5.75 Å². The molecule has 24 heavy (non-hydrogen) atoms. The number of imide groups is 1. The topological polar surface area (TPSA) is 46.6 Å². The second-order valence-corrected chi connectivity index (χ2v) is 5.79. The number of methoxy groups -OCH3 is 1. The first-order chi connectivity index (χ1) is 11.6. The number of carbonyl (C=O) groups is 2. The quantitative estimate of drug-likeness (QED) is 0.784. The molecule has 0 fully saturated rings. The molecule has 0 atom stereocenters. The van der Waals surface area contributed by atoms with E-state index in [0.29, 0.717) is 24.3 Å². The van der Waals surface area contributed by atoms with E-state index in [4.69, 9.17) is 16.3 Å². The molecule has 3 rings (SSSR count). The summed E-state index contributed by atoms with van der Waals surface area (Å²) in [7, 11) is 1.57. The van der Waals surface area contributed by atoms with Crippen LogP contribution in [0.3, 0.4) is 0 Å². The molecule has 1 aliphatic rings. The number of benzene rings is 2. The van der Waals surface area contributed by atoms with Crippen molar-refractivity contribution in [3.05, 3.63) is 70.8 Å². The van der Waals surface area contributed by atoms with Crippen LogP contribution in [0.25, 0.3) is 5.57 Å². The normalized spacial score (nSPS) is 14.5. The van der Waals surface area contributed by atoms with Crippen LogP contribution in [0.2, 0.25) is 0 Å². The molecule has 0 bridgehead atoms. The minimum absolute atomic E-state index is 0.0294. The zero-order chi connectivity index (χ0) is 17.1. The largest absolute Gasteiger partial charge is 0.497 e. The van der Waals surface area contributed by atoms with Crippen LogP contribution in [0, 0.1) is 0 Å². The summed E-state index contributed by atoms with van der Waals surface area (Å²) in [6, 6.07) is 16.6. The summed E-state index contributed by atoms with van der Waals surface area (Å²) in [6.45, 7) is 0.303. The lowest BCUT2D eigenvalue weighted by Crippen LogP contribution is -2.33. The van der Waals surface area contributed by atoms with E-state index in [1.54, 1.807) is 31.4 Å². The first-order valence-corrected chi connectivity index (χ1v) is 7.94. The van der Waals surface area contributed by atoms with Crippen LogP contribution in [0.4, 0.5) is 0 Å². The van der Waals surface area contributed by atoms with E-state index in [1.807, 2.05) is 30.3 Å². The van der Waals surface area contributed by atoms with E-state index in [9.17, 15) is 9.59 Å². The summed E-state index contributed by atoms with van der Waals surface area (Å²) >= 11 is 6.14. The Bertz CT molecular complexity index is 797. The minimum Gasteiger partial charge on any atom is -0.497 e. The average Bonchev–Trinajstić information content (AvgIpc) is 2.83. The Labute approximate surface area is 145 Å². The Morgan fingerprint density at radius 2 is 1.62 bits per heavy atom. The van der Waals surface area contributed by atoms with E-state index in [0.717, 1.165) is 5.56 Å². The Morgan fingerprint density at radius 1 is 0.958 bits per heavy atom. The highest BCUT2D eigenvalue weighted by molar-refractivity contribution is 6.55. The average molecular weight is 342 g/mol. The number of hydrogen-bond acceptors (Lipinski definition) is 3. The third-order valence-corrected chi connectivity index (χ3v) is 4.31. The van der Waals surface area contributed by atoms with Crippen LogP contribution < -0.4 is 4.74 Å². The van der Waals surface area contributed by atoms with Crippen molar-refractivity contribution >= 4 is 29.0 Å². The van der Waals surface area contributed by atoms with Crippen LogP contribution in [0.1, 0.15) is 11.1 Å². The molecular formula is C19H16ClNO3. The highest BCUT2D eigenvalue weighted by atomic mass is 35.5. The third-order valence-electron chi connectivity index (χ3n) is 3.96. The Morgan fingerprint density at radius 3 is 2.25 bits per heavy atom. The number of nitrogens with zero attached hydrogens (tertiary/aromatic N) is 1. The molecule has 0 aromatic heterocycles. The van der Waals surface area contributed by atoms with Gasteiger partial charge in [-0.25, -0.2) is 0 Å². The maximum atomic E-state index is 12.6. The van der Waals surface area contributed by atoms with Gasteiger partial charge in [0.25, 0.3) is 11.8 Å². The molecule has 4 nitrogen and oxygen atoms in total. The summed E-state index contributed by atoms with van der Waals surface area (Å²) in [4.78, 5) is 26.2. The molecule has 0 unspecified atom stereocenters. The minimum atomic E-state index is -0.441. The van der Waals surface area contributed by atoms with E-state index in [-0.39, 0.29) is 16.5 Å². The van der Waals surface area contributed by atoms with E-state index >= 15 is 0 Å². The van der Waals surface area contributed by atoms with Gasteiger partial charge in [0.2, 0.25) is 0 Å². The van der Waals surface area contributed by atoms with E-state index < -0.39 is 5.91 Å². The second-order valence-electron chi connectivity index (χ2n) is 5.42. The summed E-state index contributed by atoms with van der Waals surface area (Å²) in [6.07, 6.45) is 0.596. The Balaban J connectivity index is 1.79. The smallest absolute Gasteiger partial charge is 0.273 e. The van der Waals surface area contributed by atoms with Gasteiger partial charge in [0.1, 0.15) is 10.8 Å². The first-order valence-electron chi connectivity index (χ1n) is 7.56. The highest BCUT2D eigenvalue weighted by Gasteiger charge is 2.37. The second kappa shape index (κ2) is 6.89. The monoisotopic (exact) mass is 341 g/mol. The Hall–Kier alpha value is -2.59. The lowest BCUT2D eigenvalue weighted by atomic mass is 10.1. The number of carbonyl (C=O) groups excluding carboxylic acids is 2. The predicted octanol–water partition coefficient (Wildman–Crippen LogP) is 3.26.